The lowest BCUT2D eigenvalue weighted by atomic mass is 10.1. The Morgan fingerprint density at radius 3 is 2.41 bits per heavy atom. The molecule has 0 saturated heterocycles. The van der Waals surface area contributed by atoms with Crippen molar-refractivity contribution in [2.75, 3.05) is 5.32 Å². The van der Waals surface area contributed by atoms with Gasteiger partial charge in [-0.3, -0.25) is 0 Å². The number of H-pyrrole nitrogens is 1. The van der Waals surface area contributed by atoms with E-state index in [2.05, 4.69) is 54.3 Å². The van der Waals surface area contributed by atoms with Gasteiger partial charge >= 0.3 is 0 Å². The van der Waals surface area contributed by atoms with Crippen molar-refractivity contribution in [2.45, 2.75) is 30.7 Å². The number of nitrogens with one attached hydrogen (secondary N) is 2. The smallest absolute Gasteiger partial charge is 0.229 e. The number of hydrogen-bond donors (Lipinski definition) is 2. The van der Waals surface area contributed by atoms with E-state index in [9.17, 15) is 0 Å². The second kappa shape index (κ2) is 7.78. The first-order valence-electron chi connectivity index (χ1n) is 9.02. The minimum atomic E-state index is 0.452. The summed E-state index contributed by atoms with van der Waals surface area (Å²) in [6, 6.07) is 13.6. The number of nitriles is 1. The Labute approximate surface area is 178 Å². The molecule has 0 aliphatic carbocycles. The van der Waals surface area contributed by atoms with Crippen LogP contribution in [0.1, 0.15) is 22.3 Å². The molecule has 2 N–H and O–H groups in total. The molecule has 2 heterocycles. The number of hydrogen-bond acceptors (Lipinski definition) is 5. The van der Waals surface area contributed by atoms with E-state index in [0.717, 1.165) is 16.2 Å². The van der Waals surface area contributed by atoms with Crippen molar-refractivity contribution in [3.63, 3.8) is 0 Å². The number of benzene rings is 2. The fourth-order valence-corrected chi connectivity index (χ4v) is 4.47. The van der Waals surface area contributed by atoms with Crippen molar-refractivity contribution < 1.29 is 0 Å². The highest BCUT2D eigenvalue weighted by molar-refractivity contribution is 7.99. The molecule has 0 aliphatic rings. The Morgan fingerprint density at radius 1 is 1.07 bits per heavy atom. The number of aromatic amines is 1. The predicted octanol–water partition coefficient (Wildman–Crippen LogP) is 6.30. The molecule has 0 bridgehead atoms. The van der Waals surface area contributed by atoms with Gasteiger partial charge in [0.25, 0.3) is 0 Å². The van der Waals surface area contributed by atoms with E-state index < -0.39 is 0 Å². The molecule has 0 atom stereocenters. The summed E-state index contributed by atoms with van der Waals surface area (Å²) in [5, 5.41) is 13.5. The number of aromatic nitrogens is 3. The zero-order valence-corrected chi connectivity index (χ0v) is 17.7. The summed E-state index contributed by atoms with van der Waals surface area (Å²) >= 11 is 7.95. The zero-order chi connectivity index (χ0) is 20.5. The lowest BCUT2D eigenvalue weighted by Crippen LogP contribution is -1.99. The summed E-state index contributed by atoms with van der Waals surface area (Å²) < 4.78 is 0. The second-order valence-electron chi connectivity index (χ2n) is 6.86. The predicted molar refractivity (Wildman–Crippen MR) is 118 cm³/mol. The van der Waals surface area contributed by atoms with Crippen LogP contribution in [0.15, 0.2) is 52.5 Å². The summed E-state index contributed by atoms with van der Waals surface area (Å²) in [7, 11) is 0. The molecule has 0 spiro atoms. The van der Waals surface area contributed by atoms with Gasteiger partial charge in [-0.25, -0.2) is 9.97 Å². The quantitative estimate of drug-likeness (QED) is 0.379. The fourth-order valence-electron chi connectivity index (χ4n) is 3.26. The van der Waals surface area contributed by atoms with Crippen LogP contribution in [0.4, 0.5) is 11.6 Å². The number of fused-ring (bicyclic) bond motifs is 1. The number of anilines is 2. The average Bonchev–Trinajstić information content (AvgIpc) is 3.06. The number of nitrogens with zero attached hydrogens (tertiary/aromatic N) is 3. The maximum Gasteiger partial charge on any atom is 0.229 e. The summed E-state index contributed by atoms with van der Waals surface area (Å²) in [5.41, 5.74) is 6.53. The van der Waals surface area contributed by atoms with Crippen LogP contribution >= 0.6 is 23.4 Å². The van der Waals surface area contributed by atoms with Crippen LogP contribution in [-0.4, -0.2) is 15.0 Å². The van der Waals surface area contributed by atoms with E-state index >= 15 is 0 Å². The Morgan fingerprint density at radius 2 is 1.76 bits per heavy atom. The van der Waals surface area contributed by atoms with Gasteiger partial charge in [0.15, 0.2) is 0 Å². The van der Waals surface area contributed by atoms with Gasteiger partial charge in [-0.15, -0.1) is 0 Å². The van der Waals surface area contributed by atoms with E-state index in [-0.39, 0.29) is 0 Å². The third-order valence-electron chi connectivity index (χ3n) is 4.52. The molecule has 4 aromatic rings. The van der Waals surface area contributed by atoms with Crippen LogP contribution in [0.3, 0.4) is 0 Å². The molecule has 2 aromatic carbocycles. The number of aryl methyl sites for hydroxylation is 3. The Hall–Kier alpha value is -3.01. The van der Waals surface area contributed by atoms with Crippen molar-refractivity contribution in [3.8, 4) is 6.07 Å². The molecule has 2 aromatic heterocycles. The van der Waals surface area contributed by atoms with Gasteiger partial charge in [0.2, 0.25) is 5.95 Å². The third-order valence-corrected chi connectivity index (χ3v) is 6.14. The standard InChI is InChI=1S/C22H18ClN5S/c1-12-8-13(2)20(14(3)9-12)29-21-19-18(17(23)11-25-19)27-22(28-21)26-16-6-4-15(10-24)5-7-16/h4-9,11,25H,1-3H3,(H,26,27,28). The first-order chi connectivity index (χ1) is 13.9. The van der Waals surface area contributed by atoms with E-state index in [1.54, 1.807) is 30.1 Å². The monoisotopic (exact) mass is 419 g/mol. The van der Waals surface area contributed by atoms with E-state index in [1.165, 1.54) is 21.6 Å². The van der Waals surface area contributed by atoms with E-state index in [4.69, 9.17) is 21.8 Å². The second-order valence-corrected chi connectivity index (χ2v) is 8.26. The van der Waals surface area contributed by atoms with Gasteiger partial charge in [-0.2, -0.15) is 5.26 Å². The van der Waals surface area contributed by atoms with Crippen molar-refractivity contribution in [3.05, 3.63) is 69.9 Å². The van der Waals surface area contributed by atoms with Crippen molar-refractivity contribution in [1.82, 2.24) is 15.0 Å². The van der Waals surface area contributed by atoms with Crippen molar-refractivity contribution >= 4 is 46.0 Å². The molecule has 0 amide bonds. The fraction of sp³-hybridized carbons (Fsp3) is 0.136. The highest BCUT2D eigenvalue weighted by Gasteiger charge is 2.16. The molecule has 5 nitrogen and oxygen atoms in total. The van der Waals surface area contributed by atoms with Crippen LogP contribution < -0.4 is 5.32 Å². The highest BCUT2D eigenvalue weighted by atomic mass is 35.5. The lowest BCUT2D eigenvalue weighted by Gasteiger charge is -2.12. The molecular weight excluding hydrogens is 402 g/mol. The molecule has 29 heavy (non-hydrogen) atoms. The van der Waals surface area contributed by atoms with Gasteiger partial charge < -0.3 is 10.3 Å². The largest absolute Gasteiger partial charge is 0.356 e. The molecule has 0 unspecified atom stereocenters. The average molecular weight is 420 g/mol. The van der Waals surface area contributed by atoms with Gasteiger partial charge in [-0.05, 0) is 56.2 Å². The molecule has 144 valence electrons. The van der Waals surface area contributed by atoms with E-state index in [1.807, 2.05) is 12.1 Å². The highest BCUT2D eigenvalue weighted by Crippen LogP contribution is 2.38. The van der Waals surface area contributed by atoms with Gasteiger partial charge in [-0.1, -0.05) is 41.1 Å². The van der Waals surface area contributed by atoms with Crippen molar-refractivity contribution in [1.29, 1.82) is 5.26 Å². The molecule has 7 heteroatoms. The van der Waals surface area contributed by atoms with Gasteiger partial charge in [0, 0.05) is 16.8 Å². The van der Waals surface area contributed by atoms with Crippen LogP contribution in [0.25, 0.3) is 11.0 Å². The SMILES string of the molecule is Cc1cc(C)c(Sc2nc(Nc3ccc(C#N)cc3)nc3c(Cl)c[nH]c23)c(C)c1. The molecular formula is C22H18ClN5S. The number of rotatable bonds is 4. The third kappa shape index (κ3) is 3.93. The normalized spacial score (nSPS) is 10.9. The maximum atomic E-state index is 8.97. The summed E-state index contributed by atoms with van der Waals surface area (Å²) in [6.07, 6.45) is 1.73. The van der Waals surface area contributed by atoms with Gasteiger partial charge in [0.1, 0.15) is 10.5 Å². The maximum absolute atomic E-state index is 8.97. The Bertz CT molecular complexity index is 1230. The first kappa shape index (κ1) is 19.3. The van der Waals surface area contributed by atoms with Crippen LogP contribution in [-0.2, 0) is 0 Å². The number of halogens is 1. The minimum absolute atomic E-state index is 0.452. The summed E-state index contributed by atoms with van der Waals surface area (Å²) in [4.78, 5) is 13.7. The topological polar surface area (TPSA) is 77.4 Å². The Balaban J connectivity index is 1.76. The first-order valence-corrected chi connectivity index (χ1v) is 10.2. The van der Waals surface area contributed by atoms with Crippen molar-refractivity contribution in [2.24, 2.45) is 0 Å². The van der Waals surface area contributed by atoms with Gasteiger partial charge in [0.05, 0.1) is 22.2 Å². The summed E-state index contributed by atoms with van der Waals surface area (Å²) in [6.45, 7) is 6.32. The minimum Gasteiger partial charge on any atom is -0.356 e. The zero-order valence-electron chi connectivity index (χ0n) is 16.2. The molecule has 0 aliphatic heterocycles. The summed E-state index contributed by atoms with van der Waals surface area (Å²) in [5.74, 6) is 0.452. The molecule has 0 fully saturated rings. The molecule has 0 saturated carbocycles. The lowest BCUT2D eigenvalue weighted by molar-refractivity contribution is 1.09. The van der Waals surface area contributed by atoms with Crippen LogP contribution in [0.2, 0.25) is 5.02 Å². The van der Waals surface area contributed by atoms with Crippen LogP contribution in [0, 0.1) is 32.1 Å². The molecule has 4 rings (SSSR count). The van der Waals surface area contributed by atoms with E-state index in [0.29, 0.717) is 22.1 Å². The Kier molecular flexibility index (Phi) is 5.18. The van der Waals surface area contributed by atoms with Crippen LogP contribution in [0.5, 0.6) is 0 Å². The molecule has 0 radical (unpaired) electrons.